The fourth-order valence-corrected chi connectivity index (χ4v) is 1.75. The molecule has 1 aliphatic heterocycles. The number of hydrogen-bond donors (Lipinski definition) is 3. The topological polar surface area (TPSA) is 61.4 Å². The van der Waals surface area contributed by atoms with E-state index in [-0.39, 0.29) is 5.82 Å². The van der Waals surface area contributed by atoms with Crippen molar-refractivity contribution in [2.24, 2.45) is 5.92 Å². The monoisotopic (exact) mass is 210 g/mol. The molecule has 0 spiro atoms. The zero-order valence-corrected chi connectivity index (χ0v) is 7.90. The van der Waals surface area contributed by atoms with E-state index in [4.69, 9.17) is 5.11 Å². The smallest absolute Gasteiger partial charge is 0.309 e. The van der Waals surface area contributed by atoms with Crippen LogP contribution in [0.1, 0.15) is 11.6 Å². The van der Waals surface area contributed by atoms with Crippen LogP contribution in [0.2, 0.25) is 0 Å². The zero-order valence-electron chi connectivity index (χ0n) is 7.90. The molecule has 2 rings (SSSR count). The van der Waals surface area contributed by atoms with Gasteiger partial charge in [-0.05, 0) is 6.07 Å². The van der Waals surface area contributed by atoms with E-state index in [1.54, 1.807) is 18.2 Å². The number of aliphatic carboxylic acids is 1. The van der Waals surface area contributed by atoms with Crippen LogP contribution in [0, 0.1) is 11.7 Å². The van der Waals surface area contributed by atoms with Crippen molar-refractivity contribution in [2.45, 2.75) is 6.04 Å². The third-order valence-corrected chi connectivity index (χ3v) is 2.54. The second-order valence-electron chi connectivity index (χ2n) is 3.47. The van der Waals surface area contributed by atoms with Gasteiger partial charge in [-0.2, -0.15) is 0 Å². The van der Waals surface area contributed by atoms with Gasteiger partial charge in [0, 0.05) is 12.1 Å². The number of benzene rings is 1. The van der Waals surface area contributed by atoms with Gasteiger partial charge in [-0.1, -0.05) is 18.2 Å². The SMILES string of the molecule is O=C(O)C1CNNC1c1ccccc1F. The van der Waals surface area contributed by atoms with Crippen LogP contribution >= 0.6 is 0 Å². The number of carboxylic acids is 1. The van der Waals surface area contributed by atoms with Crippen molar-refractivity contribution in [3.63, 3.8) is 0 Å². The number of hydrogen-bond acceptors (Lipinski definition) is 3. The van der Waals surface area contributed by atoms with Crippen LogP contribution in [0.15, 0.2) is 24.3 Å². The second kappa shape index (κ2) is 3.96. The van der Waals surface area contributed by atoms with Crippen molar-refractivity contribution < 1.29 is 14.3 Å². The Bertz CT molecular complexity index is 383. The number of carbonyl (C=O) groups is 1. The average molecular weight is 210 g/mol. The van der Waals surface area contributed by atoms with Crippen LogP contribution in [-0.4, -0.2) is 17.6 Å². The van der Waals surface area contributed by atoms with E-state index in [0.29, 0.717) is 12.1 Å². The van der Waals surface area contributed by atoms with Gasteiger partial charge in [-0.15, -0.1) is 0 Å². The lowest BCUT2D eigenvalue weighted by atomic mass is 9.95. The van der Waals surface area contributed by atoms with E-state index < -0.39 is 17.9 Å². The maximum Gasteiger partial charge on any atom is 0.309 e. The lowest BCUT2D eigenvalue weighted by Gasteiger charge is -2.15. The van der Waals surface area contributed by atoms with E-state index in [9.17, 15) is 9.18 Å². The van der Waals surface area contributed by atoms with Crippen molar-refractivity contribution in [2.75, 3.05) is 6.54 Å². The Labute approximate surface area is 86.1 Å². The van der Waals surface area contributed by atoms with Gasteiger partial charge >= 0.3 is 5.97 Å². The van der Waals surface area contributed by atoms with E-state index in [0.717, 1.165) is 0 Å². The van der Waals surface area contributed by atoms with E-state index >= 15 is 0 Å². The second-order valence-corrected chi connectivity index (χ2v) is 3.47. The molecule has 1 fully saturated rings. The molecule has 1 heterocycles. The normalized spacial score (nSPS) is 25.4. The van der Waals surface area contributed by atoms with E-state index in [1.807, 2.05) is 0 Å². The van der Waals surface area contributed by atoms with Gasteiger partial charge < -0.3 is 5.11 Å². The Morgan fingerprint density at radius 3 is 2.87 bits per heavy atom. The molecule has 5 heteroatoms. The summed E-state index contributed by atoms with van der Waals surface area (Å²) in [6.07, 6.45) is 0. The highest BCUT2D eigenvalue weighted by atomic mass is 19.1. The van der Waals surface area contributed by atoms with Crippen molar-refractivity contribution in [1.29, 1.82) is 0 Å². The molecular weight excluding hydrogens is 199 g/mol. The predicted molar refractivity (Wildman–Crippen MR) is 51.4 cm³/mol. The Hall–Kier alpha value is -1.46. The first kappa shape index (κ1) is 10.1. The summed E-state index contributed by atoms with van der Waals surface area (Å²) >= 11 is 0. The summed E-state index contributed by atoms with van der Waals surface area (Å²) < 4.78 is 13.4. The lowest BCUT2D eigenvalue weighted by molar-refractivity contribution is -0.141. The van der Waals surface area contributed by atoms with E-state index in [2.05, 4.69) is 10.9 Å². The molecule has 0 saturated carbocycles. The van der Waals surface area contributed by atoms with Crippen LogP contribution < -0.4 is 10.9 Å². The summed E-state index contributed by atoms with van der Waals surface area (Å²) in [5, 5.41) is 8.93. The molecule has 0 bridgehead atoms. The molecular formula is C10H11FN2O2. The van der Waals surface area contributed by atoms with Crippen molar-refractivity contribution >= 4 is 5.97 Å². The third-order valence-electron chi connectivity index (χ3n) is 2.54. The summed E-state index contributed by atoms with van der Waals surface area (Å²) in [4.78, 5) is 10.9. The van der Waals surface area contributed by atoms with Crippen LogP contribution in [0.4, 0.5) is 4.39 Å². The summed E-state index contributed by atoms with van der Waals surface area (Å²) in [5.74, 6) is -1.95. The van der Waals surface area contributed by atoms with Crippen LogP contribution in [-0.2, 0) is 4.79 Å². The number of hydrazine groups is 1. The molecule has 2 unspecified atom stereocenters. The highest BCUT2D eigenvalue weighted by Crippen LogP contribution is 2.26. The molecule has 15 heavy (non-hydrogen) atoms. The molecule has 1 aromatic carbocycles. The van der Waals surface area contributed by atoms with Crippen molar-refractivity contribution in [3.05, 3.63) is 35.6 Å². The minimum Gasteiger partial charge on any atom is -0.481 e. The highest BCUT2D eigenvalue weighted by molar-refractivity contribution is 5.72. The number of carboxylic acid groups (broad SMARTS) is 1. The van der Waals surface area contributed by atoms with Gasteiger partial charge in [-0.3, -0.25) is 10.2 Å². The van der Waals surface area contributed by atoms with Gasteiger partial charge in [0.05, 0.1) is 12.0 Å². The molecule has 0 aromatic heterocycles. The minimum atomic E-state index is -0.930. The van der Waals surface area contributed by atoms with Gasteiger partial charge in [0.15, 0.2) is 0 Å². The number of nitrogens with one attached hydrogen (secondary N) is 2. The van der Waals surface area contributed by atoms with Gasteiger partial charge in [0.25, 0.3) is 0 Å². The molecule has 1 aliphatic rings. The Morgan fingerprint density at radius 2 is 2.20 bits per heavy atom. The van der Waals surface area contributed by atoms with Gasteiger partial charge in [0.2, 0.25) is 0 Å². The molecule has 80 valence electrons. The van der Waals surface area contributed by atoms with Gasteiger partial charge in [0.1, 0.15) is 5.82 Å². The fraction of sp³-hybridized carbons (Fsp3) is 0.300. The quantitative estimate of drug-likeness (QED) is 0.671. The van der Waals surface area contributed by atoms with Crippen molar-refractivity contribution in [3.8, 4) is 0 Å². The van der Waals surface area contributed by atoms with Crippen molar-refractivity contribution in [1.82, 2.24) is 10.9 Å². The van der Waals surface area contributed by atoms with Crippen LogP contribution in [0.3, 0.4) is 0 Å². The van der Waals surface area contributed by atoms with Crippen LogP contribution in [0.5, 0.6) is 0 Å². The van der Waals surface area contributed by atoms with Crippen LogP contribution in [0.25, 0.3) is 0 Å². The number of halogens is 1. The molecule has 0 aliphatic carbocycles. The maximum absolute atomic E-state index is 13.4. The summed E-state index contributed by atoms with van der Waals surface area (Å²) in [7, 11) is 0. The first-order valence-electron chi connectivity index (χ1n) is 4.66. The largest absolute Gasteiger partial charge is 0.481 e. The molecule has 3 N–H and O–H groups in total. The Kier molecular flexibility index (Phi) is 2.66. The molecule has 1 saturated heterocycles. The summed E-state index contributed by atoms with van der Waals surface area (Å²) in [5.41, 5.74) is 5.89. The number of rotatable bonds is 2. The fourth-order valence-electron chi connectivity index (χ4n) is 1.75. The minimum absolute atomic E-state index is 0.300. The first-order chi connectivity index (χ1) is 7.20. The zero-order chi connectivity index (χ0) is 10.8. The third kappa shape index (κ3) is 1.84. The molecule has 4 nitrogen and oxygen atoms in total. The van der Waals surface area contributed by atoms with E-state index in [1.165, 1.54) is 6.07 Å². The Morgan fingerprint density at radius 1 is 1.47 bits per heavy atom. The molecule has 0 amide bonds. The Balaban J connectivity index is 2.30. The molecule has 0 radical (unpaired) electrons. The standard InChI is InChI=1S/C10H11FN2O2/c11-8-4-2-1-3-6(8)9-7(10(14)15)5-12-13-9/h1-4,7,9,12-13H,5H2,(H,14,15). The predicted octanol–water partition coefficient (Wildman–Crippen LogP) is 0.675. The molecule has 1 aromatic rings. The molecule has 2 atom stereocenters. The highest BCUT2D eigenvalue weighted by Gasteiger charge is 2.35. The lowest BCUT2D eigenvalue weighted by Crippen LogP contribution is -2.27. The maximum atomic E-state index is 13.4. The average Bonchev–Trinajstić information content (AvgIpc) is 2.67. The van der Waals surface area contributed by atoms with Gasteiger partial charge in [-0.25, -0.2) is 9.82 Å². The first-order valence-corrected chi connectivity index (χ1v) is 4.66. The summed E-state index contributed by atoms with van der Waals surface area (Å²) in [6.45, 7) is 0.300. The summed E-state index contributed by atoms with van der Waals surface area (Å²) in [6, 6.07) is 5.68.